The molecule has 120 valence electrons. The number of carbonyl (C=O) groups is 1. The van der Waals surface area contributed by atoms with Crippen LogP contribution in [0.3, 0.4) is 0 Å². The summed E-state index contributed by atoms with van der Waals surface area (Å²) in [4.78, 5) is 28.0. The van der Waals surface area contributed by atoms with Crippen molar-refractivity contribution >= 4 is 41.1 Å². The van der Waals surface area contributed by atoms with E-state index in [-0.39, 0.29) is 11.6 Å². The van der Waals surface area contributed by atoms with Gasteiger partial charge in [0, 0.05) is 17.7 Å². The molecule has 9 heteroatoms. The summed E-state index contributed by atoms with van der Waals surface area (Å²) in [5.41, 5.74) is 4.99. The normalized spacial score (nSPS) is 11.0. The first-order valence-corrected chi connectivity index (χ1v) is 7.24. The highest BCUT2D eigenvalue weighted by Crippen LogP contribution is 2.13. The lowest BCUT2D eigenvalue weighted by molar-refractivity contribution is -0.384. The Balaban J connectivity index is 1.69. The number of aromatic amines is 2. The van der Waals surface area contributed by atoms with Crippen molar-refractivity contribution < 1.29 is 9.72 Å². The van der Waals surface area contributed by atoms with E-state index in [0.717, 1.165) is 11.0 Å². The van der Waals surface area contributed by atoms with Gasteiger partial charge in [0.25, 0.3) is 11.6 Å². The van der Waals surface area contributed by atoms with Crippen molar-refractivity contribution in [2.45, 2.75) is 0 Å². The van der Waals surface area contributed by atoms with Crippen LogP contribution in [0.2, 0.25) is 0 Å². The molecule has 0 radical (unpaired) electrons. The fourth-order valence-electron chi connectivity index (χ4n) is 2.09. The second kappa shape index (κ2) is 6.42. The fourth-order valence-corrected chi connectivity index (χ4v) is 2.31. The van der Waals surface area contributed by atoms with E-state index in [0.29, 0.717) is 15.9 Å². The van der Waals surface area contributed by atoms with E-state index in [2.05, 4.69) is 20.5 Å². The van der Waals surface area contributed by atoms with Gasteiger partial charge in [-0.2, -0.15) is 5.10 Å². The molecule has 0 unspecified atom stereocenters. The van der Waals surface area contributed by atoms with Crippen LogP contribution in [-0.4, -0.2) is 27.0 Å². The summed E-state index contributed by atoms with van der Waals surface area (Å²) in [6.45, 7) is 0. The number of nitro groups is 1. The van der Waals surface area contributed by atoms with Gasteiger partial charge in [0.15, 0.2) is 4.77 Å². The van der Waals surface area contributed by atoms with Gasteiger partial charge < -0.3 is 9.97 Å². The Hall–Kier alpha value is -3.33. The van der Waals surface area contributed by atoms with Gasteiger partial charge in [-0.3, -0.25) is 14.9 Å². The van der Waals surface area contributed by atoms with Crippen LogP contribution in [0.1, 0.15) is 15.9 Å². The molecule has 0 spiro atoms. The van der Waals surface area contributed by atoms with Crippen LogP contribution in [0, 0.1) is 14.9 Å². The van der Waals surface area contributed by atoms with E-state index in [9.17, 15) is 14.9 Å². The number of hydrazone groups is 1. The first-order valence-electron chi connectivity index (χ1n) is 6.83. The predicted molar refractivity (Wildman–Crippen MR) is 91.6 cm³/mol. The van der Waals surface area contributed by atoms with Crippen LogP contribution in [0.15, 0.2) is 47.6 Å². The van der Waals surface area contributed by atoms with Gasteiger partial charge >= 0.3 is 0 Å². The highest BCUT2D eigenvalue weighted by molar-refractivity contribution is 7.71. The van der Waals surface area contributed by atoms with E-state index in [1.54, 1.807) is 30.3 Å². The highest BCUT2D eigenvalue weighted by Gasteiger charge is 2.06. The Bertz CT molecular complexity index is 1000. The number of nitrogens with zero attached hydrogens (tertiary/aromatic N) is 2. The number of nitro benzene ring substituents is 1. The molecule has 3 aromatic rings. The summed E-state index contributed by atoms with van der Waals surface area (Å²) in [6, 6.07) is 10.9. The lowest BCUT2D eigenvalue weighted by Gasteiger charge is -2.00. The van der Waals surface area contributed by atoms with Crippen molar-refractivity contribution in [3.05, 3.63) is 68.5 Å². The summed E-state index contributed by atoms with van der Waals surface area (Å²) < 4.78 is 0.485. The van der Waals surface area contributed by atoms with Gasteiger partial charge in [0.05, 0.1) is 22.2 Å². The molecular weight excluding hydrogens is 330 g/mol. The zero-order valence-corrected chi connectivity index (χ0v) is 13.0. The van der Waals surface area contributed by atoms with Crippen molar-refractivity contribution in [3.8, 4) is 0 Å². The molecule has 0 aliphatic rings. The molecule has 0 aliphatic carbocycles. The van der Waals surface area contributed by atoms with Gasteiger partial charge in [0.1, 0.15) is 0 Å². The highest BCUT2D eigenvalue weighted by atomic mass is 32.1. The second-order valence-electron chi connectivity index (χ2n) is 4.89. The molecule has 2 aromatic carbocycles. The fraction of sp³-hybridized carbons (Fsp3) is 0. The third kappa shape index (κ3) is 3.36. The van der Waals surface area contributed by atoms with Gasteiger partial charge in [-0.15, -0.1) is 0 Å². The van der Waals surface area contributed by atoms with Gasteiger partial charge in [-0.25, -0.2) is 5.43 Å². The lowest BCUT2D eigenvalue weighted by atomic mass is 10.2. The molecule has 0 atom stereocenters. The molecule has 1 heterocycles. The van der Waals surface area contributed by atoms with E-state index in [1.165, 1.54) is 18.3 Å². The minimum atomic E-state index is -0.481. The number of H-pyrrole nitrogens is 2. The van der Waals surface area contributed by atoms with Crippen molar-refractivity contribution in [2.24, 2.45) is 5.10 Å². The van der Waals surface area contributed by atoms with E-state index in [4.69, 9.17) is 12.2 Å². The third-order valence-corrected chi connectivity index (χ3v) is 3.47. The number of hydrogen-bond acceptors (Lipinski definition) is 5. The molecule has 0 saturated heterocycles. The van der Waals surface area contributed by atoms with Crippen molar-refractivity contribution in [2.75, 3.05) is 0 Å². The quantitative estimate of drug-likeness (QED) is 0.293. The van der Waals surface area contributed by atoms with Crippen LogP contribution in [-0.2, 0) is 0 Å². The molecule has 3 N–H and O–H groups in total. The molecule has 3 rings (SSSR count). The van der Waals surface area contributed by atoms with Crippen LogP contribution in [0.25, 0.3) is 11.0 Å². The summed E-state index contributed by atoms with van der Waals surface area (Å²) in [5.74, 6) is -0.379. The van der Waals surface area contributed by atoms with Crippen molar-refractivity contribution in [1.82, 2.24) is 15.4 Å². The number of amides is 1. The number of rotatable bonds is 4. The number of hydrogen-bond donors (Lipinski definition) is 3. The average molecular weight is 341 g/mol. The van der Waals surface area contributed by atoms with Crippen molar-refractivity contribution in [1.29, 1.82) is 0 Å². The summed E-state index contributed by atoms with van der Waals surface area (Å²) in [7, 11) is 0. The van der Waals surface area contributed by atoms with Gasteiger partial charge in [0.2, 0.25) is 0 Å². The summed E-state index contributed by atoms with van der Waals surface area (Å²) in [6.07, 6.45) is 1.41. The maximum Gasteiger partial charge on any atom is 0.271 e. The number of carbonyl (C=O) groups excluding carboxylic acids is 1. The molecule has 1 amide bonds. The topological polar surface area (TPSA) is 116 Å². The summed E-state index contributed by atoms with van der Waals surface area (Å²) >= 11 is 4.99. The standard InChI is InChI=1S/C15H11N5O3S/c21-14(10-3-6-12-13(7-10)18-15(24)17-12)19-16-8-9-1-4-11(5-2-9)20(22)23/h1-8H,(H,19,21)(H2,17,18,24)/b16-8-. The maximum atomic E-state index is 12.1. The van der Waals surface area contributed by atoms with E-state index in [1.807, 2.05) is 0 Å². The Morgan fingerprint density at radius 2 is 1.88 bits per heavy atom. The molecular formula is C15H11N5O3S. The number of imidazole rings is 1. The minimum absolute atomic E-state index is 0.00616. The SMILES string of the molecule is O=C(N/N=C\c1ccc([N+](=O)[O-])cc1)c1ccc2[nH]c(=S)[nH]c2c1. The first-order chi connectivity index (χ1) is 11.5. The first kappa shape index (κ1) is 15.6. The Labute approximate surface area is 140 Å². The smallest absolute Gasteiger partial charge is 0.271 e. The molecule has 0 aliphatic heterocycles. The minimum Gasteiger partial charge on any atom is -0.331 e. The van der Waals surface area contributed by atoms with Crippen molar-refractivity contribution in [3.63, 3.8) is 0 Å². The van der Waals surface area contributed by atoms with Crippen LogP contribution >= 0.6 is 12.2 Å². The third-order valence-electron chi connectivity index (χ3n) is 3.26. The van der Waals surface area contributed by atoms with Gasteiger partial charge in [-0.1, -0.05) is 0 Å². The second-order valence-corrected chi connectivity index (χ2v) is 5.30. The van der Waals surface area contributed by atoms with E-state index < -0.39 is 4.92 Å². The predicted octanol–water partition coefficient (Wildman–Crippen LogP) is 2.90. The Kier molecular flexibility index (Phi) is 4.17. The number of non-ortho nitro benzene ring substituents is 1. The molecule has 0 saturated carbocycles. The molecule has 8 nitrogen and oxygen atoms in total. The van der Waals surface area contributed by atoms with Crippen LogP contribution in [0.5, 0.6) is 0 Å². The van der Waals surface area contributed by atoms with Crippen LogP contribution in [0.4, 0.5) is 5.69 Å². The maximum absolute atomic E-state index is 12.1. The number of nitrogens with one attached hydrogen (secondary N) is 3. The molecule has 1 aromatic heterocycles. The zero-order chi connectivity index (χ0) is 17.1. The zero-order valence-electron chi connectivity index (χ0n) is 12.1. The Morgan fingerprint density at radius 3 is 2.58 bits per heavy atom. The molecule has 0 bridgehead atoms. The number of fused-ring (bicyclic) bond motifs is 1. The van der Waals surface area contributed by atoms with E-state index >= 15 is 0 Å². The number of benzene rings is 2. The summed E-state index contributed by atoms with van der Waals surface area (Å²) in [5, 5.41) is 14.4. The van der Waals surface area contributed by atoms with Gasteiger partial charge in [-0.05, 0) is 48.1 Å². The largest absolute Gasteiger partial charge is 0.331 e. The molecule has 0 fully saturated rings. The average Bonchev–Trinajstić information content (AvgIpc) is 2.94. The lowest BCUT2D eigenvalue weighted by Crippen LogP contribution is -2.17. The monoisotopic (exact) mass is 341 g/mol. The Morgan fingerprint density at radius 1 is 1.17 bits per heavy atom. The number of aromatic nitrogens is 2. The van der Waals surface area contributed by atoms with Crippen LogP contribution < -0.4 is 5.43 Å². The molecule has 24 heavy (non-hydrogen) atoms.